The summed E-state index contributed by atoms with van der Waals surface area (Å²) >= 11 is 0. The minimum absolute atomic E-state index is 0.274. The first-order valence-electron chi connectivity index (χ1n) is 16.8. The van der Waals surface area contributed by atoms with Crippen molar-refractivity contribution in [3.8, 4) is 11.1 Å². The Morgan fingerprint density at radius 3 is 2.24 bits per heavy atom. The Labute approximate surface area is 274 Å². The molecule has 246 valence electrons. The molecule has 46 heavy (non-hydrogen) atoms. The number of carbonyl (C=O) groups excluding carboxylic acids is 2. The smallest absolute Gasteiger partial charge is 0.410 e. The van der Waals surface area contributed by atoms with Crippen LogP contribution in [0, 0.1) is 0 Å². The Morgan fingerprint density at radius 1 is 0.891 bits per heavy atom. The largest absolute Gasteiger partial charge is 0.465 e. The zero-order valence-corrected chi connectivity index (χ0v) is 27.8. The molecular formula is C39H49NO6. The van der Waals surface area contributed by atoms with Crippen LogP contribution >= 0.6 is 0 Å². The van der Waals surface area contributed by atoms with Gasteiger partial charge in [0.25, 0.3) is 0 Å². The average molecular weight is 628 g/mol. The fourth-order valence-corrected chi connectivity index (χ4v) is 6.42. The Hall–Kier alpha value is -3.68. The number of amides is 1. The Balaban J connectivity index is 1.32. The van der Waals surface area contributed by atoms with Crippen LogP contribution in [0.1, 0.15) is 105 Å². The van der Waals surface area contributed by atoms with Gasteiger partial charge in [-0.25, -0.2) is 9.59 Å². The molecule has 0 aromatic heterocycles. The number of hydrogen-bond acceptors (Lipinski definition) is 6. The fraction of sp³-hybridized carbons (Fsp3) is 0.487. The molecule has 0 radical (unpaired) electrons. The number of hydrogen-bond donors (Lipinski definition) is 0. The summed E-state index contributed by atoms with van der Waals surface area (Å²) in [6.45, 7) is 7.19. The van der Waals surface area contributed by atoms with Crippen LogP contribution in [-0.2, 0) is 25.4 Å². The molecule has 1 amide bonds. The lowest BCUT2D eigenvalue weighted by Crippen LogP contribution is -2.41. The molecule has 2 fully saturated rings. The quantitative estimate of drug-likeness (QED) is 0.198. The van der Waals surface area contributed by atoms with E-state index in [4.69, 9.17) is 18.9 Å². The van der Waals surface area contributed by atoms with Gasteiger partial charge in [0, 0.05) is 13.2 Å². The van der Waals surface area contributed by atoms with Crippen LogP contribution in [0.5, 0.6) is 0 Å². The number of ether oxygens (including phenoxy) is 4. The lowest BCUT2D eigenvalue weighted by atomic mass is 9.89. The fourth-order valence-electron chi connectivity index (χ4n) is 6.42. The van der Waals surface area contributed by atoms with E-state index >= 15 is 0 Å². The number of nitrogens with zero attached hydrogens (tertiary/aromatic N) is 1. The zero-order valence-electron chi connectivity index (χ0n) is 27.8. The van der Waals surface area contributed by atoms with Crippen molar-refractivity contribution < 1.29 is 28.5 Å². The number of carbonyl (C=O) groups is 2. The minimum atomic E-state index is -0.618. The maximum atomic E-state index is 13.5. The zero-order chi connectivity index (χ0) is 32.5. The molecule has 7 heteroatoms. The summed E-state index contributed by atoms with van der Waals surface area (Å²) in [5, 5.41) is 0. The minimum Gasteiger partial charge on any atom is -0.465 e. The third kappa shape index (κ3) is 9.20. The average Bonchev–Trinajstić information content (AvgIpc) is 3.61. The predicted molar refractivity (Wildman–Crippen MR) is 180 cm³/mol. The molecule has 2 atom stereocenters. The first-order chi connectivity index (χ1) is 22.2. The number of esters is 1. The highest BCUT2D eigenvalue weighted by molar-refractivity contribution is 5.92. The van der Waals surface area contributed by atoms with Crippen molar-refractivity contribution in [2.45, 2.75) is 96.1 Å². The molecule has 1 saturated carbocycles. The first kappa shape index (κ1) is 33.7. The second kappa shape index (κ2) is 15.7. The molecule has 3 aromatic rings. The van der Waals surface area contributed by atoms with Gasteiger partial charge in [-0.15, -0.1) is 0 Å². The lowest BCUT2D eigenvalue weighted by molar-refractivity contribution is -0.192. The molecule has 5 rings (SSSR count). The van der Waals surface area contributed by atoms with E-state index < -0.39 is 5.60 Å². The molecule has 1 aliphatic carbocycles. The summed E-state index contributed by atoms with van der Waals surface area (Å²) in [6, 6.07) is 24.6. The van der Waals surface area contributed by atoms with Crippen LogP contribution in [0.15, 0.2) is 72.8 Å². The van der Waals surface area contributed by atoms with Crippen molar-refractivity contribution in [1.29, 1.82) is 0 Å². The van der Waals surface area contributed by atoms with Crippen molar-refractivity contribution in [1.82, 2.24) is 4.90 Å². The number of rotatable bonds is 11. The maximum Gasteiger partial charge on any atom is 0.410 e. The van der Waals surface area contributed by atoms with Gasteiger partial charge in [0.1, 0.15) is 11.7 Å². The summed E-state index contributed by atoms with van der Waals surface area (Å²) in [6.07, 6.45) is 7.20. The monoisotopic (exact) mass is 627 g/mol. The van der Waals surface area contributed by atoms with Gasteiger partial charge in [0.05, 0.1) is 19.2 Å². The van der Waals surface area contributed by atoms with E-state index in [0.717, 1.165) is 59.9 Å². The van der Waals surface area contributed by atoms with Crippen molar-refractivity contribution in [2.24, 2.45) is 0 Å². The second-order valence-electron chi connectivity index (χ2n) is 13.5. The molecule has 1 unspecified atom stereocenters. The molecule has 0 bridgehead atoms. The van der Waals surface area contributed by atoms with E-state index in [1.54, 1.807) is 4.90 Å². The van der Waals surface area contributed by atoms with Gasteiger partial charge in [-0.1, -0.05) is 79.6 Å². The first-order valence-corrected chi connectivity index (χ1v) is 16.8. The van der Waals surface area contributed by atoms with Crippen LogP contribution in [0.2, 0.25) is 0 Å². The van der Waals surface area contributed by atoms with Crippen molar-refractivity contribution >= 4 is 12.1 Å². The predicted octanol–water partition coefficient (Wildman–Crippen LogP) is 8.86. The molecule has 1 aliphatic heterocycles. The Morgan fingerprint density at radius 2 is 1.59 bits per heavy atom. The topological polar surface area (TPSA) is 74.3 Å². The van der Waals surface area contributed by atoms with Gasteiger partial charge in [-0.05, 0) is 99.1 Å². The number of methoxy groups -OCH3 is 1. The molecule has 1 heterocycles. The van der Waals surface area contributed by atoms with Crippen LogP contribution in [-0.4, -0.2) is 55.7 Å². The Bertz CT molecular complexity index is 1420. The van der Waals surface area contributed by atoms with Gasteiger partial charge in [0.2, 0.25) is 0 Å². The van der Waals surface area contributed by atoms with Crippen LogP contribution in [0.25, 0.3) is 11.1 Å². The number of benzene rings is 3. The summed E-state index contributed by atoms with van der Waals surface area (Å²) in [7, 11) is 1.44. The summed E-state index contributed by atoms with van der Waals surface area (Å²) in [5.74, 6) is 0.116. The lowest BCUT2D eigenvalue weighted by Gasteiger charge is -2.33. The van der Waals surface area contributed by atoms with E-state index in [0.29, 0.717) is 37.6 Å². The van der Waals surface area contributed by atoms with E-state index in [2.05, 4.69) is 30.3 Å². The highest BCUT2D eigenvalue weighted by Gasteiger charge is 2.29. The standard InChI is InChI=1S/C39H49NO6/c1-39(2,3)46-38(42)40(27-35(31-14-6-5-7-15-31)45-36-16-10-11-25-44-36)24-23-28-17-19-29(20-18-28)32-21-22-33(37(41)43-4)34(26-32)30-12-8-9-13-30/h5-7,14-15,17-22,26,30,35-36H,8-13,16,23-25,27H2,1-4H3/t35-,36?/m1/s1. The second-order valence-corrected chi connectivity index (χ2v) is 13.5. The summed E-state index contributed by atoms with van der Waals surface area (Å²) < 4.78 is 23.3. The van der Waals surface area contributed by atoms with Crippen molar-refractivity contribution in [2.75, 3.05) is 26.8 Å². The molecule has 7 nitrogen and oxygen atoms in total. The molecule has 0 spiro atoms. The van der Waals surface area contributed by atoms with E-state index in [1.165, 1.54) is 20.0 Å². The molecule has 1 saturated heterocycles. The van der Waals surface area contributed by atoms with Crippen molar-refractivity contribution in [3.63, 3.8) is 0 Å². The maximum absolute atomic E-state index is 13.5. The summed E-state index contributed by atoms with van der Waals surface area (Å²) in [5.41, 5.74) is 5.44. The van der Waals surface area contributed by atoms with Crippen molar-refractivity contribution in [3.05, 3.63) is 95.1 Å². The van der Waals surface area contributed by atoms with Gasteiger partial charge < -0.3 is 23.8 Å². The van der Waals surface area contributed by atoms with Gasteiger partial charge in [-0.2, -0.15) is 0 Å². The molecular weight excluding hydrogens is 578 g/mol. The van der Waals surface area contributed by atoms with Crippen LogP contribution in [0.3, 0.4) is 0 Å². The SMILES string of the molecule is COC(=O)c1ccc(-c2ccc(CCN(C[C@@H](OC3CCCCO3)c3ccccc3)C(=O)OC(C)(C)C)cc2)cc1C1CCCC1. The molecule has 3 aromatic carbocycles. The van der Waals surface area contributed by atoms with Gasteiger partial charge >= 0.3 is 12.1 Å². The Kier molecular flexibility index (Phi) is 11.5. The van der Waals surface area contributed by atoms with E-state index in [-0.39, 0.29) is 24.5 Å². The third-order valence-corrected chi connectivity index (χ3v) is 8.87. The molecule has 2 aliphatic rings. The van der Waals surface area contributed by atoms with E-state index in [9.17, 15) is 9.59 Å². The molecule has 0 N–H and O–H groups in total. The van der Waals surface area contributed by atoms with E-state index in [1.807, 2.05) is 63.2 Å². The van der Waals surface area contributed by atoms with Gasteiger partial charge in [-0.3, -0.25) is 0 Å². The van der Waals surface area contributed by atoms with Crippen LogP contribution in [0.4, 0.5) is 4.79 Å². The highest BCUT2D eigenvalue weighted by atomic mass is 16.7. The highest BCUT2D eigenvalue weighted by Crippen LogP contribution is 2.38. The van der Waals surface area contributed by atoms with Crippen LogP contribution < -0.4 is 0 Å². The third-order valence-electron chi connectivity index (χ3n) is 8.87. The normalized spacial score (nSPS) is 17.8. The van der Waals surface area contributed by atoms with Gasteiger partial charge in [0.15, 0.2) is 6.29 Å². The summed E-state index contributed by atoms with van der Waals surface area (Å²) in [4.78, 5) is 27.8.